The molecule has 2 aliphatic rings. The number of ether oxygens (including phenoxy) is 2. The predicted molar refractivity (Wildman–Crippen MR) is 78.6 cm³/mol. The van der Waals surface area contributed by atoms with E-state index in [2.05, 4.69) is 5.10 Å². The number of rotatable bonds is 4. The van der Waals surface area contributed by atoms with E-state index in [0.717, 1.165) is 24.1 Å². The Hall–Kier alpha value is -1.85. The van der Waals surface area contributed by atoms with Crippen LogP contribution < -0.4 is 0 Å². The first-order valence-electron chi connectivity index (χ1n) is 7.78. The fourth-order valence-electron chi connectivity index (χ4n) is 3.17. The van der Waals surface area contributed by atoms with E-state index in [9.17, 15) is 9.59 Å². The molecule has 0 radical (unpaired) electrons. The number of carbonyl (C=O) groups excluding carboxylic acids is 2. The smallest absolute Gasteiger partial charge is 0.359 e. The van der Waals surface area contributed by atoms with Gasteiger partial charge < -0.3 is 9.47 Å². The van der Waals surface area contributed by atoms with Gasteiger partial charge in [0.25, 0.3) is 0 Å². The maximum atomic E-state index is 12.1. The van der Waals surface area contributed by atoms with Gasteiger partial charge in [0.1, 0.15) is 12.1 Å². The SMILES string of the molecule is CCOC(=O)c1nn(CC(=O)OC(C)(C)C)c2c1C1CC1C2. The molecule has 1 aromatic rings. The summed E-state index contributed by atoms with van der Waals surface area (Å²) >= 11 is 0. The molecule has 1 aromatic heterocycles. The van der Waals surface area contributed by atoms with Crippen molar-refractivity contribution >= 4 is 11.9 Å². The highest BCUT2D eigenvalue weighted by atomic mass is 16.6. The summed E-state index contributed by atoms with van der Waals surface area (Å²) in [6.07, 6.45) is 1.99. The van der Waals surface area contributed by atoms with E-state index >= 15 is 0 Å². The Morgan fingerprint density at radius 2 is 2.09 bits per heavy atom. The molecule has 0 aliphatic heterocycles. The third-order valence-corrected chi connectivity index (χ3v) is 4.01. The second-order valence-corrected chi connectivity index (χ2v) is 6.98. The Labute approximate surface area is 129 Å². The zero-order valence-corrected chi connectivity index (χ0v) is 13.5. The summed E-state index contributed by atoms with van der Waals surface area (Å²) < 4.78 is 12.1. The predicted octanol–water partition coefficient (Wildman–Crippen LogP) is 2.06. The first-order valence-corrected chi connectivity index (χ1v) is 7.78. The van der Waals surface area contributed by atoms with Gasteiger partial charge in [-0.3, -0.25) is 9.48 Å². The highest BCUT2D eigenvalue weighted by Crippen LogP contribution is 2.57. The third kappa shape index (κ3) is 2.74. The van der Waals surface area contributed by atoms with Crippen LogP contribution in [-0.4, -0.2) is 33.9 Å². The number of nitrogens with zero attached hydrogens (tertiary/aromatic N) is 2. The molecule has 0 saturated heterocycles. The van der Waals surface area contributed by atoms with E-state index in [4.69, 9.17) is 9.47 Å². The molecule has 3 rings (SSSR count). The van der Waals surface area contributed by atoms with E-state index in [1.54, 1.807) is 11.6 Å². The molecule has 2 unspecified atom stereocenters. The van der Waals surface area contributed by atoms with Crippen molar-refractivity contribution in [2.75, 3.05) is 6.61 Å². The molecule has 0 amide bonds. The van der Waals surface area contributed by atoms with Crippen LogP contribution in [0, 0.1) is 5.92 Å². The van der Waals surface area contributed by atoms with Gasteiger partial charge in [0.2, 0.25) is 0 Å². The Bertz CT molecular complexity index is 627. The third-order valence-electron chi connectivity index (χ3n) is 4.01. The van der Waals surface area contributed by atoms with Gasteiger partial charge in [-0.25, -0.2) is 4.79 Å². The number of fused-ring (bicyclic) bond motifs is 3. The van der Waals surface area contributed by atoms with Gasteiger partial charge >= 0.3 is 11.9 Å². The van der Waals surface area contributed by atoms with E-state index in [0.29, 0.717) is 24.1 Å². The molecule has 1 heterocycles. The normalized spacial score (nSPS) is 22.0. The zero-order valence-electron chi connectivity index (χ0n) is 13.5. The van der Waals surface area contributed by atoms with Crippen LogP contribution in [0.25, 0.3) is 0 Å². The molecule has 22 heavy (non-hydrogen) atoms. The van der Waals surface area contributed by atoms with Crippen molar-refractivity contribution in [2.45, 2.75) is 58.6 Å². The van der Waals surface area contributed by atoms with Crippen LogP contribution >= 0.6 is 0 Å². The molecule has 6 heteroatoms. The van der Waals surface area contributed by atoms with Gasteiger partial charge in [-0.05, 0) is 52.4 Å². The minimum absolute atomic E-state index is 0.0401. The number of aromatic nitrogens is 2. The monoisotopic (exact) mass is 306 g/mol. The number of carbonyl (C=O) groups is 2. The average Bonchev–Trinajstić information content (AvgIpc) is 2.90. The van der Waals surface area contributed by atoms with E-state index in [1.165, 1.54) is 0 Å². The topological polar surface area (TPSA) is 70.4 Å². The van der Waals surface area contributed by atoms with Crippen molar-refractivity contribution in [1.82, 2.24) is 9.78 Å². The molecule has 0 spiro atoms. The molecule has 2 aliphatic carbocycles. The first kappa shape index (κ1) is 15.1. The molecular weight excluding hydrogens is 284 g/mol. The second-order valence-electron chi connectivity index (χ2n) is 6.98. The van der Waals surface area contributed by atoms with Crippen LogP contribution in [0.1, 0.15) is 61.8 Å². The minimum atomic E-state index is -0.528. The van der Waals surface area contributed by atoms with Crippen molar-refractivity contribution in [1.29, 1.82) is 0 Å². The number of hydrogen-bond donors (Lipinski definition) is 0. The maximum absolute atomic E-state index is 12.1. The summed E-state index contributed by atoms with van der Waals surface area (Å²) in [5.41, 5.74) is 1.84. The summed E-state index contributed by atoms with van der Waals surface area (Å²) in [7, 11) is 0. The van der Waals surface area contributed by atoms with Crippen LogP contribution in [-0.2, 0) is 27.2 Å². The van der Waals surface area contributed by atoms with Gasteiger partial charge in [-0.15, -0.1) is 0 Å². The Morgan fingerprint density at radius 1 is 1.36 bits per heavy atom. The molecule has 0 N–H and O–H groups in total. The fraction of sp³-hybridized carbons (Fsp3) is 0.688. The maximum Gasteiger partial charge on any atom is 0.359 e. The molecular formula is C16H22N2O4. The van der Waals surface area contributed by atoms with Crippen molar-refractivity contribution in [2.24, 2.45) is 5.92 Å². The summed E-state index contributed by atoms with van der Waals surface area (Å²) in [6, 6.07) is 0. The first-order chi connectivity index (χ1) is 10.3. The van der Waals surface area contributed by atoms with Crippen LogP contribution in [0.3, 0.4) is 0 Å². The lowest BCUT2D eigenvalue weighted by Gasteiger charge is -2.19. The Morgan fingerprint density at radius 3 is 2.73 bits per heavy atom. The Kier molecular flexibility index (Phi) is 3.50. The van der Waals surface area contributed by atoms with Crippen molar-refractivity contribution in [3.63, 3.8) is 0 Å². The van der Waals surface area contributed by atoms with E-state index in [1.807, 2.05) is 20.8 Å². The van der Waals surface area contributed by atoms with Crippen molar-refractivity contribution < 1.29 is 19.1 Å². The highest BCUT2D eigenvalue weighted by Gasteiger charge is 2.50. The van der Waals surface area contributed by atoms with Gasteiger partial charge in [0, 0.05) is 11.3 Å². The fourth-order valence-corrected chi connectivity index (χ4v) is 3.17. The lowest BCUT2D eigenvalue weighted by Crippen LogP contribution is -2.27. The minimum Gasteiger partial charge on any atom is -0.461 e. The molecule has 6 nitrogen and oxygen atoms in total. The standard InChI is InChI=1S/C16H22N2O4/c1-5-21-15(20)14-13-10-6-9(10)7-11(13)18(17-14)8-12(19)22-16(2,3)4/h9-10H,5-8H2,1-4H3. The van der Waals surface area contributed by atoms with E-state index < -0.39 is 11.6 Å². The van der Waals surface area contributed by atoms with Gasteiger partial charge in [0.15, 0.2) is 5.69 Å². The highest BCUT2D eigenvalue weighted by molar-refractivity contribution is 5.90. The lowest BCUT2D eigenvalue weighted by atomic mass is 10.1. The van der Waals surface area contributed by atoms with Crippen LogP contribution in [0.4, 0.5) is 0 Å². The van der Waals surface area contributed by atoms with Crippen LogP contribution in [0.2, 0.25) is 0 Å². The summed E-state index contributed by atoms with van der Waals surface area (Å²) in [5, 5.41) is 4.34. The van der Waals surface area contributed by atoms with Crippen LogP contribution in [0.5, 0.6) is 0 Å². The molecule has 1 fully saturated rings. The van der Waals surface area contributed by atoms with E-state index in [-0.39, 0.29) is 12.5 Å². The van der Waals surface area contributed by atoms with Crippen LogP contribution in [0.15, 0.2) is 0 Å². The largest absolute Gasteiger partial charge is 0.461 e. The zero-order chi connectivity index (χ0) is 16.1. The molecule has 0 bridgehead atoms. The molecule has 2 atom stereocenters. The number of hydrogen-bond acceptors (Lipinski definition) is 5. The summed E-state index contributed by atoms with van der Waals surface area (Å²) in [4.78, 5) is 24.1. The summed E-state index contributed by atoms with van der Waals surface area (Å²) in [5.74, 6) is 0.288. The second kappa shape index (κ2) is 5.11. The lowest BCUT2D eigenvalue weighted by molar-refractivity contribution is -0.155. The Balaban J connectivity index is 1.84. The van der Waals surface area contributed by atoms with Gasteiger partial charge in [-0.1, -0.05) is 0 Å². The van der Waals surface area contributed by atoms with Crippen molar-refractivity contribution in [3.8, 4) is 0 Å². The molecule has 120 valence electrons. The van der Waals surface area contributed by atoms with Gasteiger partial charge in [0.05, 0.1) is 6.61 Å². The summed E-state index contributed by atoms with van der Waals surface area (Å²) in [6.45, 7) is 7.63. The van der Waals surface area contributed by atoms with Crippen molar-refractivity contribution in [3.05, 3.63) is 17.0 Å². The van der Waals surface area contributed by atoms with Gasteiger partial charge in [-0.2, -0.15) is 5.10 Å². The molecule has 0 aromatic carbocycles. The molecule has 1 saturated carbocycles. The average molecular weight is 306 g/mol. The quantitative estimate of drug-likeness (QED) is 0.796. The number of esters is 2.